The molecule has 0 N–H and O–H groups in total. The summed E-state index contributed by atoms with van der Waals surface area (Å²) in [6.45, 7) is 2.13. The van der Waals surface area contributed by atoms with Gasteiger partial charge in [0.05, 0.1) is 0 Å². The van der Waals surface area contributed by atoms with Crippen molar-refractivity contribution in [1.29, 1.82) is 0 Å². The molecule has 96 valence electrons. The van der Waals surface area contributed by atoms with Crippen molar-refractivity contribution in [3.8, 4) is 0 Å². The molecule has 0 aliphatic carbocycles. The molecule has 0 heterocycles. The SMILES string of the molecule is Cc1ccccccccc1N(C)c1ccccc1. The molecule has 0 aliphatic heterocycles. The highest BCUT2D eigenvalue weighted by Crippen LogP contribution is 2.24. The van der Waals surface area contributed by atoms with Crippen LogP contribution in [0.4, 0.5) is 11.4 Å². The van der Waals surface area contributed by atoms with E-state index in [-0.39, 0.29) is 0 Å². The van der Waals surface area contributed by atoms with Crippen molar-refractivity contribution in [2.24, 2.45) is 0 Å². The fourth-order valence-electron chi connectivity index (χ4n) is 1.99. The van der Waals surface area contributed by atoms with Crippen molar-refractivity contribution in [1.82, 2.24) is 0 Å². The summed E-state index contributed by atoms with van der Waals surface area (Å²) in [5.41, 5.74) is 3.62. The van der Waals surface area contributed by atoms with Gasteiger partial charge >= 0.3 is 0 Å². The molecule has 0 fully saturated rings. The lowest BCUT2D eigenvalue weighted by molar-refractivity contribution is 1.19. The summed E-state index contributed by atoms with van der Waals surface area (Å²) in [5, 5.41) is 0. The average molecular weight is 249 g/mol. The van der Waals surface area contributed by atoms with Crippen molar-refractivity contribution < 1.29 is 0 Å². The molecule has 0 amide bonds. The molecule has 0 aliphatic rings. The Morgan fingerprint density at radius 1 is 0.632 bits per heavy atom. The number of rotatable bonds is 2. The predicted octanol–water partition coefficient (Wildman–Crippen LogP) is 4.89. The first kappa shape index (κ1) is 13.2. The lowest BCUT2D eigenvalue weighted by Crippen LogP contribution is -2.09. The van der Waals surface area contributed by atoms with Gasteiger partial charge in [0.2, 0.25) is 0 Å². The molecule has 0 saturated carbocycles. The fraction of sp³-hybridized carbons (Fsp3) is 0.111. The Labute approximate surface area is 115 Å². The molecule has 0 bridgehead atoms. The van der Waals surface area contributed by atoms with Gasteiger partial charge in [-0.3, -0.25) is 0 Å². The zero-order valence-electron chi connectivity index (χ0n) is 11.5. The second kappa shape index (κ2) is 6.60. The molecule has 0 aromatic heterocycles. The van der Waals surface area contributed by atoms with Gasteiger partial charge in [-0.1, -0.05) is 60.7 Å². The lowest BCUT2D eigenvalue weighted by Gasteiger charge is -2.20. The van der Waals surface area contributed by atoms with Gasteiger partial charge in [-0.2, -0.15) is 0 Å². The zero-order valence-corrected chi connectivity index (χ0v) is 11.5. The van der Waals surface area contributed by atoms with Gasteiger partial charge in [0, 0.05) is 18.4 Å². The van der Waals surface area contributed by atoms with E-state index in [9.17, 15) is 0 Å². The van der Waals surface area contributed by atoms with Crippen molar-refractivity contribution >= 4 is 11.4 Å². The van der Waals surface area contributed by atoms with E-state index in [2.05, 4.69) is 67.4 Å². The van der Waals surface area contributed by atoms with Crippen LogP contribution in [0.1, 0.15) is 5.56 Å². The molecule has 0 saturated heterocycles. The zero-order chi connectivity index (χ0) is 13.5. The van der Waals surface area contributed by atoms with Gasteiger partial charge in [0.15, 0.2) is 0 Å². The summed E-state index contributed by atoms with van der Waals surface area (Å²) in [4.78, 5) is 2.20. The van der Waals surface area contributed by atoms with E-state index in [1.807, 2.05) is 30.3 Å². The highest BCUT2D eigenvalue weighted by Gasteiger charge is 2.03. The Kier molecular flexibility index (Phi) is 4.57. The van der Waals surface area contributed by atoms with Gasteiger partial charge in [0.25, 0.3) is 0 Å². The highest BCUT2D eigenvalue weighted by atomic mass is 15.1. The topological polar surface area (TPSA) is 3.24 Å². The lowest BCUT2D eigenvalue weighted by atomic mass is 10.2. The number of para-hydroxylation sites is 1. The summed E-state index contributed by atoms with van der Waals surface area (Å²) in [5.74, 6) is 0. The Morgan fingerprint density at radius 2 is 1.11 bits per heavy atom. The molecular formula is C18H19N. The largest absolute Gasteiger partial charge is 0.344 e. The van der Waals surface area contributed by atoms with Crippen LogP contribution in [0.3, 0.4) is 0 Å². The van der Waals surface area contributed by atoms with Crippen LogP contribution in [0.2, 0.25) is 0 Å². The Hall–Kier alpha value is -2.28. The standard InChI is InChI=1S/C18H19N/c1-16-12-8-5-3-4-6-11-15-18(16)19(2)17-13-9-7-10-14-17/h3-15H,1-2H3. The summed E-state index contributed by atoms with van der Waals surface area (Å²) < 4.78 is 0. The predicted molar refractivity (Wildman–Crippen MR) is 83.3 cm³/mol. The number of benzene rings is 1. The normalized spacial score (nSPS) is 9.58. The summed E-state index contributed by atoms with van der Waals surface area (Å²) >= 11 is 0. The summed E-state index contributed by atoms with van der Waals surface area (Å²) in [6.07, 6.45) is 0. The second-order valence-electron chi connectivity index (χ2n) is 4.45. The smallest absolute Gasteiger partial charge is 0.0437 e. The monoisotopic (exact) mass is 249 g/mol. The van der Waals surface area contributed by atoms with E-state index in [1.165, 1.54) is 16.9 Å². The van der Waals surface area contributed by atoms with Crippen LogP contribution in [-0.2, 0) is 0 Å². The molecule has 0 spiro atoms. The quantitative estimate of drug-likeness (QED) is 0.732. The Morgan fingerprint density at radius 3 is 1.79 bits per heavy atom. The van der Waals surface area contributed by atoms with Crippen molar-refractivity contribution in [2.45, 2.75) is 6.92 Å². The highest BCUT2D eigenvalue weighted by molar-refractivity contribution is 5.64. The fourth-order valence-corrected chi connectivity index (χ4v) is 1.99. The van der Waals surface area contributed by atoms with E-state index in [4.69, 9.17) is 0 Å². The minimum atomic E-state index is 1.19. The summed E-state index contributed by atoms with van der Waals surface area (Å²) in [7, 11) is 2.09. The number of anilines is 2. The van der Waals surface area contributed by atoms with E-state index in [1.54, 1.807) is 0 Å². The maximum Gasteiger partial charge on any atom is 0.0437 e. The van der Waals surface area contributed by atoms with Crippen LogP contribution < -0.4 is 4.90 Å². The van der Waals surface area contributed by atoms with Gasteiger partial charge in [-0.15, -0.1) is 0 Å². The molecule has 2 aromatic carbocycles. The molecule has 1 nitrogen and oxygen atoms in total. The van der Waals surface area contributed by atoms with Crippen LogP contribution >= 0.6 is 0 Å². The van der Waals surface area contributed by atoms with Gasteiger partial charge < -0.3 is 4.90 Å². The van der Waals surface area contributed by atoms with Gasteiger partial charge in [-0.05, 0) is 30.7 Å². The molecule has 19 heavy (non-hydrogen) atoms. The van der Waals surface area contributed by atoms with Crippen LogP contribution in [-0.4, -0.2) is 7.05 Å². The maximum absolute atomic E-state index is 2.20. The van der Waals surface area contributed by atoms with Crippen LogP contribution in [0.15, 0.2) is 78.9 Å². The minimum absolute atomic E-state index is 1.19. The first-order valence-electron chi connectivity index (χ1n) is 6.47. The molecule has 0 atom stereocenters. The van der Waals surface area contributed by atoms with E-state index < -0.39 is 0 Å². The van der Waals surface area contributed by atoms with Gasteiger partial charge in [0.1, 0.15) is 0 Å². The van der Waals surface area contributed by atoms with Crippen molar-refractivity contribution in [3.05, 3.63) is 84.4 Å². The molecular weight excluding hydrogens is 230 g/mol. The number of aryl methyl sites for hydroxylation is 1. The molecule has 0 unspecified atom stereocenters. The number of hydrogen-bond acceptors (Lipinski definition) is 1. The van der Waals surface area contributed by atoms with Crippen LogP contribution in [0.25, 0.3) is 0 Å². The third kappa shape index (κ3) is 3.59. The molecule has 2 aromatic rings. The summed E-state index contributed by atoms with van der Waals surface area (Å²) in [6, 6.07) is 26.9. The number of nitrogens with zero attached hydrogens (tertiary/aromatic N) is 1. The van der Waals surface area contributed by atoms with E-state index >= 15 is 0 Å². The molecule has 1 heteroatoms. The first-order chi connectivity index (χ1) is 9.29. The van der Waals surface area contributed by atoms with Crippen LogP contribution in [0.5, 0.6) is 0 Å². The van der Waals surface area contributed by atoms with Gasteiger partial charge in [-0.25, -0.2) is 0 Å². The first-order valence-corrected chi connectivity index (χ1v) is 6.47. The Balaban J connectivity index is 2.50. The molecule has 0 radical (unpaired) electrons. The third-order valence-electron chi connectivity index (χ3n) is 3.06. The van der Waals surface area contributed by atoms with Crippen LogP contribution in [0, 0.1) is 6.92 Å². The van der Waals surface area contributed by atoms with Crippen molar-refractivity contribution in [2.75, 3.05) is 11.9 Å². The third-order valence-corrected chi connectivity index (χ3v) is 3.06. The maximum atomic E-state index is 2.20. The van der Waals surface area contributed by atoms with E-state index in [0.29, 0.717) is 0 Å². The van der Waals surface area contributed by atoms with Crippen molar-refractivity contribution in [3.63, 3.8) is 0 Å². The number of hydrogen-bond donors (Lipinski definition) is 0. The van der Waals surface area contributed by atoms with E-state index in [0.717, 1.165) is 0 Å². The minimum Gasteiger partial charge on any atom is -0.344 e. The Bertz CT molecular complexity index is 574. The molecule has 2 rings (SSSR count). The average Bonchev–Trinajstić information content (AvgIpc) is 2.46. The second-order valence-corrected chi connectivity index (χ2v) is 4.45.